The molecule has 0 saturated carbocycles. The largest absolute Gasteiger partial charge is 0.493 e. The molecule has 0 spiro atoms. The number of amides is 2. The molecule has 3 aromatic carbocycles. The maximum Gasteiger partial charge on any atom is 0.261 e. The zero-order valence-electron chi connectivity index (χ0n) is 19.8. The Kier molecular flexibility index (Phi) is 10.4. The average Bonchev–Trinajstić information content (AvgIpc) is 2.86. The summed E-state index contributed by atoms with van der Waals surface area (Å²) >= 11 is 8.71. The quantitative estimate of drug-likeness (QED) is 0.182. The van der Waals surface area contributed by atoms with E-state index < -0.39 is 5.91 Å². The molecule has 36 heavy (non-hydrogen) atoms. The Morgan fingerprint density at radius 1 is 0.917 bits per heavy atom. The Balaban J connectivity index is 1.60. The predicted molar refractivity (Wildman–Crippen MR) is 148 cm³/mol. The Hall–Kier alpha value is -3.30. The van der Waals surface area contributed by atoms with E-state index >= 15 is 0 Å². The summed E-state index contributed by atoms with van der Waals surface area (Å²) in [5.41, 5.74) is 1.72. The van der Waals surface area contributed by atoms with Gasteiger partial charge in [-0.15, -0.1) is 0 Å². The molecule has 3 aromatic rings. The second kappa shape index (κ2) is 13.7. The number of ether oxygens (including phenoxy) is 1. The van der Waals surface area contributed by atoms with E-state index in [-0.39, 0.29) is 16.8 Å². The van der Waals surface area contributed by atoms with Crippen molar-refractivity contribution in [3.8, 4) is 5.75 Å². The smallest absolute Gasteiger partial charge is 0.261 e. The van der Waals surface area contributed by atoms with Crippen LogP contribution >= 0.6 is 28.1 Å². The molecule has 0 radical (unpaired) electrons. The SMILES string of the molecule is CCCCCCOc1ccc(Br)cc1C(=O)NC(=S)Nc1cccc(C(=O)Nc2ccc(F)cc2)c1. The minimum absolute atomic E-state index is 0.0740. The van der Waals surface area contributed by atoms with Crippen LogP contribution in [0.5, 0.6) is 5.75 Å². The first-order valence-electron chi connectivity index (χ1n) is 11.6. The molecule has 0 aliphatic rings. The molecule has 6 nitrogen and oxygen atoms in total. The monoisotopic (exact) mass is 571 g/mol. The van der Waals surface area contributed by atoms with Gasteiger partial charge in [0.1, 0.15) is 11.6 Å². The highest BCUT2D eigenvalue weighted by molar-refractivity contribution is 9.10. The lowest BCUT2D eigenvalue weighted by Gasteiger charge is -2.14. The van der Waals surface area contributed by atoms with Gasteiger partial charge < -0.3 is 15.4 Å². The highest BCUT2D eigenvalue weighted by Gasteiger charge is 2.15. The van der Waals surface area contributed by atoms with Crippen LogP contribution < -0.4 is 20.7 Å². The molecule has 0 unspecified atom stereocenters. The van der Waals surface area contributed by atoms with Gasteiger partial charge in [-0.2, -0.15) is 0 Å². The van der Waals surface area contributed by atoms with Crippen molar-refractivity contribution in [3.05, 3.63) is 88.1 Å². The first-order valence-corrected chi connectivity index (χ1v) is 12.8. The van der Waals surface area contributed by atoms with Crippen molar-refractivity contribution in [2.45, 2.75) is 32.6 Å². The molecule has 0 fully saturated rings. The third kappa shape index (κ3) is 8.42. The molecule has 0 saturated heterocycles. The first kappa shape index (κ1) is 27.3. The van der Waals surface area contributed by atoms with Gasteiger partial charge in [-0.1, -0.05) is 48.2 Å². The zero-order chi connectivity index (χ0) is 25.9. The zero-order valence-corrected chi connectivity index (χ0v) is 22.2. The van der Waals surface area contributed by atoms with Gasteiger partial charge in [0.15, 0.2) is 5.11 Å². The number of carbonyl (C=O) groups is 2. The normalized spacial score (nSPS) is 10.4. The van der Waals surface area contributed by atoms with E-state index in [1.54, 1.807) is 36.4 Å². The molecule has 0 aliphatic carbocycles. The Morgan fingerprint density at radius 2 is 1.69 bits per heavy atom. The maximum absolute atomic E-state index is 13.1. The number of carbonyl (C=O) groups excluding carboxylic acids is 2. The molecule has 2 amide bonds. The predicted octanol–water partition coefficient (Wildman–Crippen LogP) is 6.93. The fourth-order valence-corrected chi connectivity index (χ4v) is 3.90. The van der Waals surface area contributed by atoms with Crippen molar-refractivity contribution < 1.29 is 18.7 Å². The van der Waals surface area contributed by atoms with E-state index in [1.807, 2.05) is 6.07 Å². The molecule has 0 bridgehead atoms. The van der Waals surface area contributed by atoms with Crippen LogP contribution in [0.15, 0.2) is 71.2 Å². The van der Waals surface area contributed by atoms with Crippen molar-refractivity contribution in [2.75, 3.05) is 17.2 Å². The van der Waals surface area contributed by atoms with Crippen LogP contribution in [0.4, 0.5) is 15.8 Å². The fraction of sp³-hybridized carbons (Fsp3) is 0.222. The molecule has 0 heterocycles. The van der Waals surface area contributed by atoms with Crippen molar-refractivity contribution in [3.63, 3.8) is 0 Å². The maximum atomic E-state index is 13.1. The van der Waals surface area contributed by atoms with E-state index in [0.29, 0.717) is 34.9 Å². The lowest BCUT2D eigenvalue weighted by Crippen LogP contribution is -2.34. The highest BCUT2D eigenvalue weighted by atomic mass is 79.9. The summed E-state index contributed by atoms with van der Waals surface area (Å²) in [7, 11) is 0. The molecule has 0 atom stereocenters. The van der Waals surface area contributed by atoms with Gasteiger partial charge in [-0.25, -0.2) is 4.39 Å². The van der Waals surface area contributed by atoms with Crippen LogP contribution in [0, 0.1) is 5.82 Å². The summed E-state index contributed by atoms with van der Waals surface area (Å²) in [6.07, 6.45) is 4.27. The Bertz CT molecular complexity index is 1220. The number of hydrogen-bond acceptors (Lipinski definition) is 4. The van der Waals surface area contributed by atoms with E-state index in [9.17, 15) is 14.0 Å². The lowest BCUT2D eigenvalue weighted by molar-refractivity contribution is 0.0972. The van der Waals surface area contributed by atoms with E-state index in [4.69, 9.17) is 17.0 Å². The number of benzene rings is 3. The van der Waals surface area contributed by atoms with Crippen LogP contribution in [-0.2, 0) is 0 Å². The van der Waals surface area contributed by atoms with Gasteiger partial charge in [-0.3, -0.25) is 14.9 Å². The average molecular weight is 573 g/mol. The van der Waals surface area contributed by atoms with Crippen molar-refractivity contribution in [1.29, 1.82) is 0 Å². The fourth-order valence-electron chi connectivity index (χ4n) is 3.32. The van der Waals surface area contributed by atoms with Gasteiger partial charge in [0.05, 0.1) is 12.2 Å². The number of nitrogens with one attached hydrogen (secondary N) is 3. The number of anilines is 2. The topological polar surface area (TPSA) is 79.5 Å². The first-order chi connectivity index (χ1) is 17.4. The second-order valence-electron chi connectivity index (χ2n) is 8.00. The van der Waals surface area contributed by atoms with Crippen LogP contribution in [0.2, 0.25) is 0 Å². The number of hydrogen-bond donors (Lipinski definition) is 3. The van der Waals surface area contributed by atoms with Crippen LogP contribution in [0.3, 0.4) is 0 Å². The van der Waals surface area contributed by atoms with Crippen LogP contribution in [0.25, 0.3) is 0 Å². The van der Waals surface area contributed by atoms with Gasteiger partial charge in [0.2, 0.25) is 0 Å². The lowest BCUT2D eigenvalue weighted by atomic mass is 10.1. The standard InChI is InChI=1S/C27H27BrFN3O3S/c1-2-3-4-5-15-35-24-14-9-19(28)17-23(24)26(34)32-27(36)31-22-8-6-7-18(16-22)25(33)30-21-12-10-20(29)11-13-21/h6-14,16-17H,2-5,15H2,1H3,(H,30,33)(H2,31,32,34,36). The van der Waals surface area contributed by atoms with Crippen molar-refractivity contribution >= 4 is 56.4 Å². The van der Waals surface area contributed by atoms with Crippen molar-refractivity contribution in [2.24, 2.45) is 0 Å². The molecule has 3 rings (SSSR count). The molecule has 0 aromatic heterocycles. The highest BCUT2D eigenvalue weighted by Crippen LogP contribution is 2.24. The van der Waals surface area contributed by atoms with Crippen LogP contribution in [-0.4, -0.2) is 23.5 Å². The van der Waals surface area contributed by atoms with Gasteiger partial charge >= 0.3 is 0 Å². The summed E-state index contributed by atoms with van der Waals surface area (Å²) in [5.74, 6) is -0.685. The van der Waals surface area contributed by atoms with E-state index in [1.165, 1.54) is 24.3 Å². The molecule has 188 valence electrons. The molecular weight excluding hydrogens is 545 g/mol. The third-order valence-electron chi connectivity index (χ3n) is 5.15. The number of rotatable bonds is 10. The third-order valence-corrected chi connectivity index (χ3v) is 5.85. The Labute approximate surface area is 223 Å². The molecule has 9 heteroatoms. The minimum Gasteiger partial charge on any atom is -0.493 e. The second-order valence-corrected chi connectivity index (χ2v) is 9.32. The minimum atomic E-state index is -0.414. The summed E-state index contributed by atoms with van der Waals surface area (Å²) in [6.45, 7) is 2.67. The van der Waals surface area contributed by atoms with Gasteiger partial charge in [0.25, 0.3) is 11.8 Å². The summed E-state index contributed by atoms with van der Waals surface area (Å²) < 4.78 is 19.7. The van der Waals surface area contributed by atoms with E-state index in [0.717, 1.165) is 30.2 Å². The Morgan fingerprint density at radius 3 is 2.44 bits per heavy atom. The number of thiocarbonyl (C=S) groups is 1. The summed E-state index contributed by atoms with van der Waals surface area (Å²) in [6, 6.07) is 17.4. The molecule has 0 aliphatic heterocycles. The summed E-state index contributed by atoms with van der Waals surface area (Å²) in [4.78, 5) is 25.5. The molecular formula is C27H27BrFN3O3S. The molecule has 3 N–H and O–H groups in total. The van der Waals surface area contributed by atoms with Crippen molar-refractivity contribution in [1.82, 2.24) is 5.32 Å². The number of halogens is 2. The van der Waals surface area contributed by atoms with E-state index in [2.05, 4.69) is 38.8 Å². The van der Waals surface area contributed by atoms with Gasteiger partial charge in [0, 0.05) is 21.4 Å². The summed E-state index contributed by atoms with van der Waals surface area (Å²) in [5, 5.41) is 8.37. The van der Waals surface area contributed by atoms with Crippen LogP contribution in [0.1, 0.15) is 53.3 Å². The number of unbranched alkanes of at least 4 members (excludes halogenated alkanes) is 3. The van der Waals surface area contributed by atoms with Gasteiger partial charge in [-0.05, 0) is 79.3 Å².